The monoisotopic (exact) mass is 538 g/mol. The van der Waals surface area contributed by atoms with E-state index in [4.69, 9.17) is 18.8 Å². The molecule has 0 aliphatic heterocycles. The predicted octanol–water partition coefficient (Wildman–Crippen LogP) is 10.4. The van der Waals surface area contributed by atoms with E-state index in [1.807, 2.05) is 72.8 Å². The summed E-state index contributed by atoms with van der Waals surface area (Å²) in [5, 5.41) is 5.27. The van der Waals surface area contributed by atoms with Gasteiger partial charge >= 0.3 is 0 Å². The number of furan rings is 2. The molecule has 3 heterocycles. The Labute approximate surface area is 240 Å². The minimum atomic E-state index is 0.672. The summed E-state index contributed by atoms with van der Waals surface area (Å²) >= 11 is 0. The van der Waals surface area contributed by atoms with Gasteiger partial charge in [-0.3, -0.25) is 0 Å². The molecular weight excluding hydrogens is 516 g/mol. The lowest BCUT2D eigenvalue weighted by molar-refractivity contribution is 0.668. The van der Waals surface area contributed by atoms with Crippen LogP contribution in [0.1, 0.15) is 0 Å². The highest BCUT2D eigenvalue weighted by atomic mass is 16.3. The first kappa shape index (κ1) is 23.0. The van der Waals surface area contributed by atoms with Crippen LogP contribution in [0.2, 0.25) is 0 Å². The van der Waals surface area contributed by atoms with E-state index in [2.05, 4.69) is 60.7 Å². The van der Waals surface area contributed by atoms with Crippen LogP contribution in [0, 0.1) is 0 Å². The van der Waals surface area contributed by atoms with Crippen molar-refractivity contribution in [1.29, 1.82) is 0 Å². The minimum absolute atomic E-state index is 0.672. The Kier molecular flexibility index (Phi) is 4.87. The molecule has 0 aliphatic carbocycles. The maximum absolute atomic E-state index is 6.36. The fourth-order valence-corrected chi connectivity index (χ4v) is 6.17. The molecule has 0 radical (unpaired) electrons. The lowest BCUT2D eigenvalue weighted by Crippen LogP contribution is -1.95. The van der Waals surface area contributed by atoms with Crippen LogP contribution in [0.15, 0.2) is 142 Å². The summed E-state index contributed by atoms with van der Waals surface area (Å²) in [6.07, 6.45) is 0. The van der Waals surface area contributed by atoms with Gasteiger partial charge in [0.2, 0.25) is 0 Å². The van der Waals surface area contributed by atoms with E-state index in [1.165, 1.54) is 0 Å². The molecule has 0 saturated heterocycles. The molecule has 0 saturated carbocycles. The molecule has 0 atom stereocenters. The molecule has 6 aromatic carbocycles. The summed E-state index contributed by atoms with van der Waals surface area (Å²) in [4.78, 5) is 10.2. The zero-order valence-electron chi connectivity index (χ0n) is 22.4. The number of aromatic nitrogens is 2. The molecular formula is C38H22N2O2. The molecule has 9 rings (SSSR count). The van der Waals surface area contributed by atoms with Gasteiger partial charge in [0.1, 0.15) is 22.3 Å². The predicted molar refractivity (Wildman–Crippen MR) is 170 cm³/mol. The Morgan fingerprint density at radius 1 is 0.429 bits per heavy atom. The van der Waals surface area contributed by atoms with Crippen molar-refractivity contribution in [3.8, 4) is 33.8 Å². The fourth-order valence-electron chi connectivity index (χ4n) is 6.17. The third kappa shape index (κ3) is 3.42. The highest BCUT2D eigenvalue weighted by molar-refractivity contribution is 6.14. The summed E-state index contributed by atoms with van der Waals surface area (Å²) in [6, 6.07) is 45.5. The lowest BCUT2D eigenvalue weighted by Gasteiger charge is -2.10. The molecule has 0 spiro atoms. The van der Waals surface area contributed by atoms with Gasteiger partial charge in [0.15, 0.2) is 5.82 Å². The van der Waals surface area contributed by atoms with Gasteiger partial charge < -0.3 is 8.83 Å². The SMILES string of the molecule is c1ccc(-c2nc(-c3cccc4oc5ccc(-c6cccc7c6oc6ccccc67)cc5c34)nc3ccccc23)cc1. The number of hydrogen-bond donors (Lipinski definition) is 0. The molecule has 9 aromatic rings. The molecule has 0 fully saturated rings. The van der Waals surface area contributed by atoms with Crippen LogP contribution in [-0.2, 0) is 0 Å². The van der Waals surface area contributed by atoms with E-state index in [9.17, 15) is 0 Å². The maximum atomic E-state index is 6.36. The molecule has 0 amide bonds. The van der Waals surface area contributed by atoms with E-state index < -0.39 is 0 Å². The number of rotatable bonds is 3. The molecule has 0 bridgehead atoms. The summed E-state index contributed by atoms with van der Waals surface area (Å²) in [7, 11) is 0. The van der Waals surface area contributed by atoms with Crippen LogP contribution < -0.4 is 0 Å². The Morgan fingerprint density at radius 2 is 1.14 bits per heavy atom. The second kappa shape index (κ2) is 8.88. The third-order valence-electron chi connectivity index (χ3n) is 8.10. The van der Waals surface area contributed by atoms with Crippen molar-refractivity contribution in [3.63, 3.8) is 0 Å². The number of para-hydroxylation sites is 3. The average molecular weight is 539 g/mol. The summed E-state index contributed by atoms with van der Waals surface area (Å²) in [5.41, 5.74) is 9.33. The first-order valence-electron chi connectivity index (χ1n) is 14.0. The van der Waals surface area contributed by atoms with Gasteiger partial charge in [-0.15, -0.1) is 0 Å². The van der Waals surface area contributed by atoms with E-state index in [1.54, 1.807) is 0 Å². The van der Waals surface area contributed by atoms with Crippen molar-refractivity contribution in [2.75, 3.05) is 0 Å². The van der Waals surface area contributed by atoms with Gasteiger partial charge in [-0.2, -0.15) is 0 Å². The van der Waals surface area contributed by atoms with Crippen LogP contribution in [0.5, 0.6) is 0 Å². The summed E-state index contributed by atoms with van der Waals surface area (Å²) in [5.74, 6) is 0.672. The Morgan fingerprint density at radius 3 is 2.07 bits per heavy atom. The van der Waals surface area contributed by atoms with Crippen LogP contribution >= 0.6 is 0 Å². The first-order chi connectivity index (χ1) is 20.8. The molecule has 3 aromatic heterocycles. The molecule has 0 N–H and O–H groups in total. The third-order valence-corrected chi connectivity index (χ3v) is 8.10. The molecule has 4 nitrogen and oxygen atoms in total. The standard InChI is InChI=1S/C38H22N2O2/c1-2-10-23(11-3-1)36-28-13-4-6-17-31(28)39-38(40-36)29-16-9-19-34-35(29)30-22-24(20-21-33(30)41-34)25-14-8-15-27-26-12-5-7-18-32(26)42-37(25)27/h1-22H. The molecule has 4 heteroatoms. The Balaban J connectivity index is 1.30. The number of hydrogen-bond acceptors (Lipinski definition) is 4. The second-order valence-electron chi connectivity index (χ2n) is 10.6. The summed E-state index contributed by atoms with van der Waals surface area (Å²) < 4.78 is 12.7. The van der Waals surface area contributed by atoms with Crippen molar-refractivity contribution in [2.45, 2.75) is 0 Å². The van der Waals surface area contributed by atoms with E-state index >= 15 is 0 Å². The van der Waals surface area contributed by atoms with Crippen molar-refractivity contribution < 1.29 is 8.83 Å². The fraction of sp³-hybridized carbons (Fsp3) is 0. The van der Waals surface area contributed by atoms with Crippen LogP contribution in [0.25, 0.3) is 88.6 Å². The van der Waals surface area contributed by atoms with E-state index in [-0.39, 0.29) is 0 Å². The quantitative estimate of drug-likeness (QED) is 0.224. The van der Waals surface area contributed by atoms with Crippen molar-refractivity contribution >= 4 is 54.8 Å². The van der Waals surface area contributed by atoms with Gasteiger partial charge in [0.25, 0.3) is 0 Å². The minimum Gasteiger partial charge on any atom is -0.456 e. The van der Waals surface area contributed by atoms with Gasteiger partial charge in [-0.1, -0.05) is 103 Å². The Hall–Kier alpha value is -5.74. The summed E-state index contributed by atoms with van der Waals surface area (Å²) in [6.45, 7) is 0. The largest absolute Gasteiger partial charge is 0.456 e. The van der Waals surface area contributed by atoms with Gasteiger partial charge in [-0.25, -0.2) is 9.97 Å². The molecule has 196 valence electrons. The van der Waals surface area contributed by atoms with Crippen LogP contribution in [0.3, 0.4) is 0 Å². The highest BCUT2D eigenvalue weighted by Crippen LogP contribution is 2.41. The molecule has 42 heavy (non-hydrogen) atoms. The van der Waals surface area contributed by atoms with Crippen molar-refractivity contribution in [2.24, 2.45) is 0 Å². The number of nitrogens with zero attached hydrogens (tertiary/aromatic N) is 2. The maximum Gasteiger partial charge on any atom is 0.161 e. The molecule has 0 aliphatic rings. The van der Waals surface area contributed by atoms with E-state index in [0.717, 1.165) is 82.7 Å². The Bertz CT molecular complexity index is 2470. The lowest BCUT2D eigenvalue weighted by atomic mass is 9.98. The van der Waals surface area contributed by atoms with Gasteiger partial charge in [0, 0.05) is 43.6 Å². The second-order valence-corrected chi connectivity index (χ2v) is 10.6. The smallest absolute Gasteiger partial charge is 0.161 e. The van der Waals surface area contributed by atoms with Crippen LogP contribution in [-0.4, -0.2) is 9.97 Å². The van der Waals surface area contributed by atoms with E-state index in [0.29, 0.717) is 5.82 Å². The number of fused-ring (bicyclic) bond motifs is 7. The van der Waals surface area contributed by atoms with Crippen molar-refractivity contribution in [1.82, 2.24) is 9.97 Å². The highest BCUT2D eigenvalue weighted by Gasteiger charge is 2.19. The van der Waals surface area contributed by atoms with Crippen molar-refractivity contribution in [3.05, 3.63) is 133 Å². The first-order valence-corrected chi connectivity index (χ1v) is 14.0. The average Bonchev–Trinajstić information content (AvgIpc) is 3.63. The van der Waals surface area contributed by atoms with Gasteiger partial charge in [0.05, 0.1) is 11.2 Å². The number of benzene rings is 6. The normalized spacial score (nSPS) is 11.8. The zero-order chi connectivity index (χ0) is 27.6. The van der Waals surface area contributed by atoms with Crippen LogP contribution in [0.4, 0.5) is 0 Å². The zero-order valence-corrected chi connectivity index (χ0v) is 22.4. The molecule has 0 unspecified atom stereocenters. The topological polar surface area (TPSA) is 52.1 Å². The van der Waals surface area contributed by atoms with Gasteiger partial charge in [-0.05, 0) is 35.9 Å².